The first-order valence-corrected chi connectivity index (χ1v) is 9.89. The maximum absolute atomic E-state index is 13.7. The number of ether oxygens (including phenoxy) is 2. The van der Waals surface area contributed by atoms with Crippen molar-refractivity contribution in [2.24, 2.45) is 5.10 Å². The average Bonchev–Trinajstić information content (AvgIpc) is 2.81. The monoisotopic (exact) mass is 435 g/mol. The lowest BCUT2D eigenvalue weighted by Gasteiger charge is -2.13. The molecular weight excluding hydrogens is 413 g/mol. The van der Waals surface area contributed by atoms with E-state index in [1.165, 1.54) is 24.4 Å². The zero-order valence-corrected chi connectivity index (χ0v) is 17.4. The lowest BCUT2D eigenvalue weighted by Crippen LogP contribution is -2.21. The van der Waals surface area contributed by atoms with E-state index in [0.717, 1.165) is 0 Å². The van der Waals surface area contributed by atoms with Crippen molar-refractivity contribution in [3.8, 4) is 11.5 Å². The topological polar surface area (TPSA) is 89.0 Å². The van der Waals surface area contributed by atoms with Crippen LogP contribution in [0.1, 0.15) is 22.8 Å². The molecule has 0 aliphatic rings. The molecule has 0 unspecified atom stereocenters. The summed E-state index contributed by atoms with van der Waals surface area (Å²) in [7, 11) is 0. The molecular formula is C24H22FN3O4. The molecule has 0 atom stereocenters. The van der Waals surface area contributed by atoms with Crippen molar-refractivity contribution in [2.75, 3.05) is 18.5 Å². The van der Waals surface area contributed by atoms with Crippen molar-refractivity contribution in [1.82, 2.24) is 5.43 Å². The Morgan fingerprint density at radius 2 is 1.72 bits per heavy atom. The number of anilines is 1. The smallest absolute Gasteiger partial charge is 0.271 e. The van der Waals surface area contributed by atoms with Gasteiger partial charge in [-0.1, -0.05) is 30.3 Å². The highest BCUT2D eigenvalue weighted by Crippen LogP contribution is 2.28. The van der Waals surface area contributed by atoms with Gasteiger partial charge < -0.3 is 14.8 Å². The number of halogens is 1. The molecule has 0 saturated carbocycles. The first-order chi connectivity index (χ1) is 15.6. The Morgan fingerprint density at radius 1 is 0.969 bits per heavy atom. The van der Waals surface area contributed by atoms with Gasteiger partial charge in [0.25, 0.3) is 11.8 Å². The number of hydrazone groups is 1. The Kier molecular flexibility index (Phi) is 7.91. The van der Waals surface area contributed by atoms with Crippen molar-refractivity contribution in [3.63, 3.8) is 0 Å². The van der Waals surface area contributed by atoms with Crippen molar-refractivity contribution in [3.05, 3.63) is 89.7 Å². The summed E-state index contributed by atoms with van der Waals surface area (Å²) < 4.78 is 24.8. The summed E-state index contributed by atoms with van der Waals surface area (Å²) in [5.41, 5.74) is 3.69. The number of para-hydroxylation sites is 1. The molecule has 0 radical (unpaired) electrons. The molecule has 164 valence electrons. The maximum Gasteiger partial charge on any atom is 0.271 e. The van der Waals surface area contributed by atoms with Gasteiger partial charge in [0.15, 0.2) is 18.1 Å². The molecule has 2 amide bonds. The zero-order chi connectivity index (χ0) is 22.8. The number of hydrogen-bond acceptors (Lipinski definition) is 5. The molecule has 2 N–H and O–H groups in total. The Balaban J connectivity index is 1.60. The lowest BCUT2D eigenvalue weighted by molar-refractivity contribution is -0.118. The summed E-state index contributed by atoms with van der Waals surface area (Å²) in [5, 5.41) is 6.41. The van der Waals surface area contributed by atoms with Gasteiger partial charge in [-0.2, -0.15) is 5.10 Å². The lowest BCUT2D eigenvalue weighted by atomic mass is 10.2. The van der Waals surface area contributed by atoms with E-state index in [2.05, 4.69) is 15.8 Å². The SMILES string of the molecule is CCOc1cc(C=NNC(=O)c2ccccc2)ccc1OCC(=O)Nc1ccccc1F. The third kappa shape index (κ3) is 6.40. The van der Waals surface area contributed by atoms with Crippen molar-refractivity contribution < 1.29 is 23.5 Å². The Morgan fingerprint density at radius 3 is 2.47 bits per heavy atom. The van der Waals surface area contributed by atoms with Crippen LogP contribution in [0.3, 0.4) is 0 Å². The van der Waals surface area contributed by atoms with Crippen LogP contribution in [-0.2, 0) is 4.79 Å². The summed E-state index contributed by atoms with van der Waals surface area (Å²) in [4.78, 5) is 24.1. The first kappa shape index (κ1) is 22.5. The molecule has 3 aromatic rings. The van der Waals surface area contributed by atoms with Crippen molar-refractivity contribution in [1.29, 1.82) is 0 Å². The summed E-state index contributed by atoms with van der Waals surface area (Å²) in [6.45, 7) is 1.87. The van der Waals surface area contributed by atoms with E-state index in [4.69, 9.17) is 9.47 Å². The van der Waals surface area contributed by atoms with Gasteiger partial charge in [-0.25, -0.2) is 9.82 Å². The molecule has 0 fully saturated rings. The van der Waals surface area contributed by atoms with Crippen LogP contribution in [0, 0.1) is 5.82 Å². The summed E-state index contributed by atoms with van der Waals surface area (Å²) in [5.74, 6) is -0.608. The largest absolute Gasteiger partial charge is 0.490 e. The van der Waals surface area contributed by atoms with Crippen molar-refractivity contribution in [2.45, 2.75) is 6.92 Å². The predicted molar refractivity (Wildman–Crippen MR) is 120 cm³/mol. The number of nitrogens with zero attached hydrogens (tertiary/aromatic N) is 1. The van der Waals surface area contributed by atoms with Crippen LogP contribution < -0.4 is 20.2 Å². The maximum atomic E-state index is 13.7. The predicted octanol–water partition coefficient (Wildman–Crippen LogP) is 4.01. The number of carbonyl (C=O) groups is 2. The van der Waals surface area contributed by atoms with Gasteiger partial charge in [-0.15, -0.1) is 0 Å². The molecule has 0 heterocycles. The fraction of sp³-hybridized carbons (Fsp3) is 0.125. The number of carbonyl (C=O) groups excluding carboxylic acids is 2. The molecule has 0 aromatic heterocycles. The van der Waals surface area contributed by atoms with Gasteiger partial charge in [0.1, 0.15) is 5.82 Å². The molecule has 7 nitrogen and oxygen atoms in total. The van der Waals surface area contributed by atoms with Crippen LogP contribution in [0.15, 0.2) is 77.9 Å². The summed E-state index contributed by atoms with van der Waals surface area (Å²) in [6.07, 6.45) is 1.47. The highest BCUT2D eigenvalue weighted by molar-refractivity contribution is 5.95. The normalized spacial score (nSPS) is 10.6. The molecule has 32 heavy (non-hydrogen) atoms. The van der Waals surface area contributed by atoms with E-state index in [9.17, 15) is 14.0 Å². The van der Waals surface area contributed by atoms with Crippen LogP contribution >= 0.6 is 0 Å². The minimum Gasteiger partial charge on any atom is -0.490 e. The van der Waals surface area contributed by atoms with E-state index >= 15 is 0 Å². The van der Waals surface area contributed by atoms with Gasteiger partial charge in [0.05, 0.1) is 18.5 Å². The minimum absolute atomic E-state index is 0.0789. The third-order valence-electron chi connectivity index (χ3n) is 4.19. The molecule has 8 heteroatoms. The number of rotatable bonds is 9. The van der Waals surface area contributed by atoms with Gasteiger partial charge in [0.2, 0.25) is 0 Å². The van der Waals surface area contributed by atoms with Crippen LogP contribution in [0.25, 0.3) is 0 Å². The minimum atomic E-state index is -0.529. The van der Waals surface area contributed by atoms with Gasteiger partial charge in [-0.05, 0) is 55.0 Å². The quantitative estimate of drug-likeness (QED) is 0.393. The zero-order valence-electron chi connectivity index (χ0n) is 17.4. The van der Waals surface area contributed by atoms with E-state index < -0.39 is 11.7 Å². The molecule has 0 spiro atoms. The number of benzene rings is 3. The van der Waals surface area contributed by atoms with Crippen LogP contribution in [-0.4, -0.2) is 31.2 Å². The molecule has 0 aliphatic heterocycles. The second-order valence-electron chi connectivity index (χ2n) is 6.52. The van der Waals surface area contributed by atoms with E-state index in [0.29, 0.717) is 29.2 Å². The fourth-order valence-electron chi connectivity index (χ4n) is 2.70. The van der Waals surface area contributed by atoms with Crippen molar-refractivity contribution >= 4 is 23.7 Å². The fourth-order valence-corrected chi connectivity index (χ4v) is 2.70. The molecule has 3 aromatic carbocycles. The molecule has 0 saturated heterocycles. The molecule has 0 bridgehead atoms. The highest BCUT2D eigenvalue weighted by atomic mass is 19.1. The summed E-state index contributed by atoms with van der Waals surface area (Å²) >= 11 is 0. The van der Waals surface area contributed by atoms with Gasteiger partial charge >= 0.3 is 0 Å². The molecule has 0 aliphatic carbocycles. The summed E-state index contributed by atoms with van der Waals surface area (Å²) in [6, 6.07) is 19.6. The third-order valence-corrected chi connectivity index (χ3v) is 4.19. The number of amides is 2. The first-order valence-electron chi connectivity index (χ1n) is 9.89. The van der Waals surface area contributed by atoms with Crippen LogP contribution in [0.2, 0.25) is 0 Å². The standard InChI is InChI=1S/C24H22FN3O4/c1-2-31-22-14-17(15-26-28-24(30)18-8-4-3-5-9-18)12-13-21(22)32-16-23(29)27-20-11-7-6-10-19(20)25/h3-15H,2,16H2,1H3,(H,27,29)(H,28,30). The van der Waals surface area contributed by atoms with E-state index in [1.807, 2.05) is 13.0 Å². The van der Waals surface area contributed by atoms with E-state index in [-0.39, 0.29) is 18.2 Å². The van der Waals surface area contributed by atoms with Gasteiger partial charge in [-0.3, -0.25) is 9.59 Å². The van der Waals surface area contributed by atoms with Crippen LogP contribution in [0.4, 0.5) is 10.1 Å². The number of nitrogens with one attached hydrogen (secondary N) is 2. The number of hydrogen-bond donors (Lipinski definition) is 2. The Labute approximate surface area is 184 Å². The second-order valence-corrected chi connectivity index (χ2v) is 6.52. The second kappa shape index (κ2) is 11.3. The van der Waals surface area contributed by atoms with Gasteiger partial charge in [0, 0.05) is 5.56 Å². The Hall–Kier alpha value is -4.20. The average molecular weight is 435 g/mol. The van der Waals surface area contributed by atoms with Crippen LogP contribution in [0.5, 0.6) is 11.5 Å². The Bertz CT molecular complexity index is 1100. The highest BCUT2D eigenvalue weighted by Gasteiger charge is 2.11. The van der Waals surface area contributed by atoms with E-state index in [1.54, 1.807) is 48.5 Å². The molecule has 3 rings (SSSR count).